The van der Waals surface area contributed by atoms with E-state index in [1.54, 1.807) is 34.2 Å². The zero-order chi connectivity index (χ0) is 26.2. The number of nitrogens with one attached hydrogen (secondary N) is 1. The molecule has 4 aromatic rings. The van der Waals surface area contributed by atoms with E-state index in [9.17, 15) is 4.79 Å². The second kappa shape index (κ2) is 12.8. The van der Waals surface area contributed by atoms with E-state index < -0.39 is 0 Å². The molecule has 1 aliphatic rings. The first-order chi connectivity index (χ1) is 18.0. The summed E-state index contributed by atoms with van der Waals surface area (Å²) >= 11 is 1.63. The molecule has 10 heteroatoms. The van der Waals surface area contributed by atoms with E-state index in [2.05, 4.69) is 41.1 Å². The fourth-order valence-electron chi connectivity index (χ4n) is 4.26. The lowest BCUT2D eigenvalue weighted by molar-refractivity contribution is 0.0938. The van der Waals surface area contributed by atoms with Crippen molar-refractivity contribution in [3.63, 3.8) is 0 Å². The fourth-order valence-corrected chi connectivity index (χ4v) is 4.96. The standard InChI is InChI=1S/C23H27N7OS.C4H8O/c1-4-29(5-2)15(3)13-25-23(31)16-11-19(27-21(24)12-16)17-14-26-30-9-8-18(28-22(17)30)20-7-6-10-32-20;1-2-4-5-3-1/h6-12,14-15H,4-5,13H2,1-3H3,(H2,24,27)(H,25,31);1-4H2. The average Bonchev–Trinajstić information content (AvgIpc) is 3.70. The minimum atomic E-state index is -0.178. The van der Waals surface area contributed by atoms with Gasteiger partial charge in [-0.3, -0.25) is 9.69 Å². The Morgan fingerprint density at radius 2 is 1.97 bits per heavy atom. The summed E-state index contributed by atoms with van der Waals surface area (Å²) in [7, 11) is 0. The molecule has 4 aromatic heterocycles. The van der Waals surface area contributed by atoms with Crippen molar-refractivity contribution < 1.29 is 9.53 Å². The third kappa shape index (κ3) is 6.71. The van der Waals surface area contributed by atoms with E-state index in [0.717, 1.165) is 42.4 Å². The molecular formula is C27H35N7O2S. The highest BCUT2D eigenvalue weighted by atomic mass is 32.1. The zero-order valence-electron chi connectivity index (χ0n) is 21.7. The maximum absolute atomic E-state index is 12.8. The van der Waals surface area contributed by atoms with Crippen molar-refractivity contribution in [3.8, 4) is 21.8 Å². The molecule has 1 unspecified atom stereocenters. The normalized spacial score (nSPS) is 13.9. The summed E-state index contributed by atoms with van der Waals surface area (Å²) in [4.78, 5) is 25.4. The first kappa shape index (κ1) is 26.7. The molecule has 1 fully saturated rings. The quantitative estimate of drug-likeness (QED) is 0.354. The second-order valence-electron chi connectivity index (χ2n) is 8.88. The van der Waals surface area contributed by atoms with Gasteiger partial charge in [-0.05, 0) is 62.5 Å². The van der Waals surface area contributed by atoms with Gasteiger partial charge in [0.05, 0.1) is 28.0 Å². The van der Waals surface area contributed by atoms with Crippen molar-refractivity contribution in [3.05, 3.63) is 53.7 Å². The average molecular weight is 522 g/mol. The number of amides is 1. The van der Waals surface area contributed by atoms with E-state index in [1.165, 1.54) is 12.8 Å². The predicted molar refractivity (Wildman–Crippen MR) is 149 cm³/mol. The van der Waals surface area contributed by atoms with E-state index in [-0.39, 0.29) is 17.8 Å². The Morgan fingerprint density at radius 1 is 1.19 bits per heavy atom. The van der Waals surface area contributed by atoms with Crippen molar-refractivity contribution in [1.29, 1.82) is 0 Å². The summed E-state index contributed by atoms with van der Waals surface area (Å²) in [5.41, 5.74) is 9.34. The molecule has 37 heavy (non-hydrogen) atoms. The molecule has 1 amide bonds. The highest BCUT2D eigenvalue weighted by Gasteiger charge is 2.17. The van der Waals surface area contributed by atoms with Crippen LogP contribution in [0.2, 0.25) is 0 Å². The number of carbonyl (C=O) groups is 1. The van der Waals surface area contributed by atoms with E-state index in [4.69, 9.17) is 15.5 Å². The third-order valence-corrected chi connectivity index (χ3v) is 7.24. The Labute approximate surface area is 221 Å². The predicted octanol–water partition coefficient (Wildman–Crippen LogP) is 4.36. The third-order valence-electron chi connectivity index (χ3n) is 6.35. The van der Waals surface area contributed by atoms with Crippen LogP contribution in [0.4, 0.5) is 5.82 Å². The van der Waals surface area contributed by atoms with Gasteiger partial charge in [0.25, 0.3) is 5.91 Å². The number of carbonyl (C=O) groups excluding carboxylic acids is 1. The Bertz CT molecular complexity index is 1290. The second-order valence-corrected chi connectivity index (χ2v) is 9.83. The van der Waals surface area contributed by atoms with Crippen LogP contribution in [0.25, 0.3) is 27.5 Å². The summed E-state index contributed by atoms with van der Waals surface area (Å²) in [5, 5.41) is 9.42. The zero-order valence-corrected chi connectivity index (χ0v) is 22.5. The Balaban J connectivity index is 0.000000572. The number of nitrogens with two attached hydrogens (primary N) is 1. The largest absolute Gasteiger partial charge is 0.384 e. The van der Waals surface area contributed by atoms with Crippen LogP contribution in [-0.4, -0.2) is 69.3 Å². The number of pyridine rings is 1. The maximum Gasteiger partial charge on any atom is 0.251 e. The van der Waals surface area contributed by atoms with Crippen LogP contribution in [-0.2, 0) is 4.74 Å². The van der Waals surface area contributed by atoms with E-state index >= 15 is 0 Å². The molecule has 1 atom stereocenters. The van der Waals surface area contributed by atoms with Crippen LogP contribution in [0.15, 0.2) is 48.1 Å². The van der Waals surface area contributed by atoms with Gasteiger partial charge in [0, 0.05) is 37.6 Å². The number of rotatable bonds is 8. The molecule has 0 bridgehead atoms. The number of likely N-dealkylation sites (N-methyl/N-ethyl adjacent to an activating group) is 1. The lowest BCUT2D eigenvalue weighted by Crippen LogP contribution is -2.42. The summed E-state index contributed by atoms with van der Waals surface area (Å²) in [5.74, 6) is 0.0984. The van der Waals surface area contributed by atoms with Gasteiger partial charge < -0.3 is 15.8 Å². The molecule has 1 saturated heterocycles. The summed E-state index contributed by atoms with van der Waals surface area (Å²) in [6.45, 7) is 10.8. The van der Waals surface area contributed by atoms with Crippen molar-refractivity contribution >= 4 is 28.7 Å². The molecule has 1 aliphatic heterocycles. The number of nitrogen functional groups attached to an aromatic ring is 1. The van der Waals surface area contributed by atoms with Crippen molar-refractivity contribution in [2.24, 2.45) is 0 Å². The Kier molecular flexibility index (Phi) is 9.21. The number of ether oxygens (including phenoxy) is 1. The van der Waals surface area contributed by atoms with Gasteiger partial charge in [0.15, 0.2) is 5.65 Å². The lowest BCUT2D eigenvalue weighted by atomic mass is 10.1. The molecule has 9 nitrogen and oxygen atoms in total. The Hall–Kier alpha value is -3.34. The number of hydrogen-bond acceptors (Lipinski definition) is 8. The van der Waals surface area contributed by atoms with Crippen molar-refractivity contribution in [2.75, 3.05) is 38.6 Å². The maximum atomic E-state index is 12.8. The van der Waals surface area contributed by atoms with Gasteiger partial charge in [0.2, 0.25) is 0 Å². The minimum absolute atomic E-state index is 0.178. The number of fused-ring (bicyclic) bond motifs is 1. The minimum Gasteiger partial charge on any atom is -0.384 e. The highest BCUT2D eigenvalue weighted by Crippen LogP contribution is 2.27. The smallest absolute Gasteiger partial charge is 0.251 e. The first-order valence-electron chi connectivity index (χ1n) is 12.8. The first-order valence-corrected chi connectivity index (χ1v) is 13.6. The molecule has 196 valence electrons. The topological polar surface area (TPSA) is 111 Å². The van der Waals surface area contributed by atoms with Crippen LogP contribution in [0.1, 0.15) is 44.0 Å². The number of nitrogens with zero attached hydrogens (tertiary/aromatic N) is 5. The van der Waals surface area contributed by atoms with Crippen LogP contribution < -0.4 is 11.1 Å². The van der Waals surface area contributed by atoms with Gasteiger partial charge in [-0.15, -0.1) is 11.3 Å². The van der Waals surface area contributed by atoms with Gasteiger partial charge in [-0.2, -0.15) is 5.10 Å². The van der Waals surface area contributed by atoms with Crippen LogP contribution >= 0.6 is 11.3 Å². The highest BCUT2D eigenvalue weighted by molar-refractivity contribution is 7.13. The molecule has 5 heterocycles. The van der Waals surface area contributed by atoms with Gasteiger partial charge in [0.1, 0.15) is 5.82 Å². The van der Waals surface area contributed by atoms with Gasteiger partial charge in [-0.25, -0.2) is 14.5 Å². The molecule has 3 N–H and O–H groups in total. The number of aromatic nitrogens is 4. The van der Waals surface area contributed by atoms with Crippen molar-refractivity contribution in [1.82, 2.24) is 29.8 Å². The number of thiophene rings is 1. The summed E-state index contributed by atoms with van der Waals surface area (Å²) in [6.07, 6.45) is 6.13. The summed E-state index contributed by atoms with van der Waals surface area (Å²) < 4.78 is 6.64. The molecule has 0 radical (unpaired) electrons. The summed E-state index contributed by atoms with van der Waals surface area (Å²) in [6, 6.07) is 9.53. The van der Waals surface area contributed by atoms with E-state index in [1.807, 2.05) is 29.8 Å². The molecular weight excluding hydrogens is 486 g/mol. The van der Waals surface area contributed by atoms with Gasteiger partial charge >= 0.3 is 0 Å². The van der Waals surface area contributed by atoms with Crippen LogP contribution in [0, 0.1) is 0 Å². The van der Waals surface area contributed by atoms with Crippen LogP contribution in [0.3, 0.4) is 0 Å². The fraction of sp³-hybridized carbons (Fsp3) is 0.407. The van der Waals surface area contributed by atoms with Gasteiger partial charge in [-0.1, -0.05) is 19.9 Å². The van der Waals surface area contributed by atoms with Crippen molar-refractivity contribution in [2.45, 2.75) is 39.7 Å². The SMILES string of the molecule is C1CCOC1.CCN(CC)C(C)CNC(=O)c1cc(N)nc(-c2cnn3ccc(-c4cccs4)nc23)c1. The molecule has 5 rings (SSSR count). The molecule has 0 aliphatic carbocycles. The van der Waals surface area contributed by atoms with Crippen LogP contribution in [0.5, 0.6) is 0 Å². The molecule has 0 saturated carbocycles. The monoisotopic (exact) mass is 521 g/mol. The molecule has 0 aromatic carbocycles. The Morgan fingerprint density at radius 3 is 2.62 bits per heavy atom. The molecule has 0 spiro atoms. The van der Waals surface area contributed by atoms with E-state index in [0.29, 0.717) is 23.4 Å². The number of anilines is 1. The lowest BCUT2D eigenvalue weighted by Gasteiger charge is -2.26. The number of hydrogen-bond donors (Lipinski definition) is 2.